The van der Waals surface area contributed by atoms with Crippen molar-refractivity contribution in [2.45, 2.75) is 45.4 Å². The van der Waals surface area contributed by atoms with E-state index in [1.165, 1.54) is 0 Å². The smallest absolute Gasteiger partial charge is 0.237 e. The predicted octanol–water partition coefficient (Wildman–Crippen LogP) is 2.11. The van der Waals surface area contributed by atoms with Gasteiger partial charge >= 0.3 is 0 Å². The van der Waals surface area contributed by atoms with Crippen molar-refractivity contribution in [2.75, 3.05) is 18.6 Å². The molecule has 5 nitrogen and oxygen atoms in total. The molecule has 1 aliphatic heterocycles. The fourth-order valence-corrected chi connectivity index (χ4v) is 3.09. The monoisotopic (exact) mass is 338 g/mol. The molecule has 0 fully saturated rings. The molecule has 128 valence electrons. The van der Waals surface area contributed by atoms with Crippen LogP contribution in [0.1, 0.15) is 31.4 Å². The molecule has 2 rings (SSSR count). The van der Waals surface area contributed by atoms with E-state index < -0.39 is 6.04 Å². The fourth-order valence-electron chi connectivity index (χ4n) is 2.60. The number of carbonyl (C=O) groups is 1. The van der Waals surface area contributed by atoms with E-state index in [1.807, 2.05) is 32.2 Å². The van der Waals surface area contributed by atoms with Gasteiger partial charge in [-0.1, -0.05) is 0 Å². The van der Waals surface area contributed by atoms with E-state index >= 15 is 0 Å². The second-order valence-corrected chi connectivity index (χ2v) is 6.72. The third kappa shape index (κ3) is 4.78. The number of carbonyl (C=O) groups excluding carboxylic acids is 1. The lowest BCUT2D eigenvalue weighted by molar-refractivity contribution is -0.122. The molecule has 1 amide bonds. The molecule has 0 aromatic heterocycles. The first kappa shape index (κ1) is 17.9. The van der Waals surface area contributed by atoms with Crippen molar-refractivity contribution in [1.82, 2.24) is 5.32 Å². The minimum atomic E-state index is -0.469. The van der Waals surface area contributed by atoms with Crippen LogP contribution in [0.15, 0.2) is 12.1 Å². The van der Waals surface area contributed by atoms with E-state index in [0.717, 1.165) is 34.8 Å². The highest BCUT2D eigenvalue weighted by molar-refractivity contribution is 7.98. The van der Waals surface area contributed by atoms with Crippen molar-refractivity contribution in [3.05, 3.63) is 23.3 Å². The zero-order valence-corrected chi connectivity index (χ0v) is 14.9. The third-order valence-electron chi connectivity index (χ3n) is 3.80. The Labute approximate surface area is 142 Å². The summed E-state index contributed by atoms with van der Waals surface area (Å²) in [5, 5.41) is 2.90. The minimum absolute atomic E-state index is 0.128. The minimum Gasteiger partial charge on any atom is -0.494 e. The number of fused-ring (bicyclic) bond motifs is 1. The van der Waals surface area contributed by atoms with Crippen LogP contribution in [-0.2, 0) is 17.8 Å². The second-order valence-electron chi connectivity index (χ2n) is 5.74. The van der Waals surface area contributed by atoms with Crippen LogP contribution in [0.5, 0.6) is 11.5 Å². The summed E-state index contributed by atoms with van der Waals surface area (Å²) < 4.78 is 11.5. The zero-order chi connectivity index (χ0) is 16.8. The van der Waals surface area contributed by atoms with Gasteiger partial charge in [0.15, 0.2) is 0 Å². The van der Waals surface area contributed by atoms with Gasteiger partial charge in [0.1, 0.15) is 17.6 Å². The summed E-state index contributed by atoms with van der Waals surface area (Å²) >= 11 is 1.69. The van der Waals surface area contributed by atoms with Gasteiger partial charge in [-0.3, -0.25) is 4.79 Å². The first-order chi connectivity index (χ1) is 11.0. The SMILES string of the molecule is CCOc1cc2c(cc1CNC(=O)[C@@H](N)CCSC)OC(C)C2. The molecule has 0 saturated carbocycles. The van der Waals surface area contributed by atoms with Gasteiger partial charge in [-0.2, -0.15) is 11.8 Å². The molecule has 3 N–H and O–H groups in total. The molecule has 1 aromatic carbocycles. The number of nitrogens with two attached hydrogens (primary N) is 1. The van der Waals surface area contributed by atoms with Gasteiger partial charge < -0.3 is 20.5 Å². The summed E-state index contributed by atoms with van der Waals surface area (Å²) in [6, 6.07) is 3.53. The fraction of sp³-hybridized carbons (Fsp3) is 0.588. The lowest BCUT2D eigenvalue weighted by Gasteiger charge is -2.15. The topological polar surface area (TPSA) is 73.6 Å². The number of hydrogen-bond donors (Lipinski definition) is 2. The predicted molar refractivity (Wildman–Crippen MR) is 94.2 cm³/mol. The molecule has 1 aromatic rings. The quantitative estimate of drug-likeness (QED) is 0.759. The van der Waals surface area contributed by atoms with Crippen molar-refractivity contribution in [1.29, 1.82) is 0 Å². The Bertz CT molecular complexity index is 551. The lowest BCUT2D eigenvalue weighted by atomic mass is 10.1. The Balaban J connectivity index is 2.04. The third-order valence-corrected chi connectivity index (χ3v) is 4.45. The Kier molecular flexibility index (Phi) is 6.59. The number of hydrogen-bond acceptors (Lipinski definition) is 5. The first-order valence-electron chi connectivity index (χ1n) is 8.02. The van der Waals surface area contributed by atoms with Crippen LogP contribution in [0.3, 0.4) is 0 Å². The van der Waals surface area contributed by atoms with Crippen LogP contribution in [0, 0.1) is 0 Å². The van der Waals surface area contributed by atoms with Crippen LogP contribution in [0.25, 0.3) is 0 Å². The highest BCUT2D eigenvalue weighted by atomic mass is 32.2. The molecule has 1 aliphatic rings. The van der Waals surface area contributed by atoms with Crippen LogP contribution in [0.2, 0.25) is 0 Å². The molecule has 1 heterocycles. The normalized spacial score (nSPS) is 17.3. The van der Waals surface area contributed by atoms with Crippen LogP contribution in [-0.4, -0.2) is 36.7 Å². The maximum Gasteiger partial charge on any atom is 0.237 e. The van der Waals surface area contributed by atoms with Crippen LogP contribution in [0.4, 0.5) is 0 Å². The summed E-state index contributed by atoms with van der Waals surface area (Å²) in [6.45, 7) is 4.98. The molecule has 2 atom stereocenters. The molecule has 6 heteroatoms. The van der Waals surface area contributed by atoms with Gasteiger partial charge in [0.25, 0.3) is 0 Å². The summed E-state index contributed by atoms with van der Waals surface area (Å²) in [6.07, 6.45) is 3.76. The van der Waals surface area contributed by atoms with Gasteiger partial charge in [-0.05, 0) is 44.4 Å². The second kappa shape index (κ2) is 8.45. The van der Waals surface area contributed by atoms with Crippen molar-refractivity contribution < 1.29 is 14.3 Å². The highest BCUT2D eigenvalue weighted by Gasteiger charge is 2.22. The molecular formula is C17H26N2O3S. The van der Waals surface area contributed by atoms with Crippen molar-refractivity contribution >= 4 is 17.7 Å². The molecule has 0 radical (unpaired) electrons. The van der Waals surface area contributed by atoms with Crippen LogP contribution >= 0.6 is 11.8 Å². The highest BCUT2D eigenvalue weighted by Crippen LogP contribution is 2.35. The molecule has 23 heavy (non-hydrogen) atoms. The van der Waals surface area contributed by atoms with Gasteiger partial charge in [-0.25, -0.2) is 0 Å². The van der Waals surface area contributed by atoms with Gasteiger partial charge in [0.2, 0.25) is 5.91 Å². The average Bonchev–Trinajstić information content (AvgIpc) is 2.89. The number of benzene rings is 1. The van der Waals surface area contributed by atoms with E-state index in [0.29, 0.717) is 19.6 Å². The maximum absolute atomic E-state index is 12.1. The van der Waals surface area contributed by atoms with E-state index in [2.05, 4.69) is 5.32 Å². The molecule has 0 aliphatic carbocycles. The zero-order valence-electron chi connectivity index (χ0n) is 14.1. The Morgan fingerprint density at radius 3 is 3.04 bits per heavy atom. The van der Waals surface area contributed by atoms with Crippen LogP contribution < -0.4 is 20.5 Å². The Morgan fingerprint density at radius 2 is 2.35 bits per heavy atom. The van der Waals surface area contributed by atoms with E-state index in [-0.39, 0.29) is 12.0 Å². The van der Waals surface area contributed by atoms with E-state index in [9.17, 15) is 4.79 Å². The van der Waals surface area contributed by atoms with Crippen molar-refractivity contribution in [3.63, 3.8) is 0 Å². The van der Waals surface area contributed by atoms with Gasteiger partial charge in [0, 0.05) is 24.1 Å². The molecule has 0 saturated heterocycles. The Morgan fingerprint density at radius 1 is 1.57 bits per heavy atom. The lowest BCUT2D eigenvalue weighted by Crippen LogP contribution is -2.40. The van der Waals surface area contributed by atoms with E-state index in [4.69, 9.17) is 15.2 Å². The van der Waals surface area contributed by atoms with Gasteiger partial charge in [0.05, 0.1) is 12.6 Å². The maximum atomic E-state index is 12.1. The standard InChI is InChI=1S/C17H26N2O3S/c1-4-21-15-8-12-7-11(2)22-16(12)9-13(15)10-19-17(20)14(18)5-6-23-3/h8-9,11,14H,4-7,10,18H2,1-3H3,(H,19,20)/t11?,14-/m0/s1. The molecule has 1 unspecified atom stereocenters. The first-order valence-corrected chi connectivity index (χ1v) is 9.42. The number of thioether (sulfide) groups is 1. The molecule has 0 bridgehead atoms. The number of ether oxygens (including phenoxy) is 2. The largest absolute Gasteiger partial charge is 0.494 e. The number of amides is 1. The van der Waals surface area contributed by atoms with Gasteiger partial charge in [-0.15, -0.1) is 0 Å². The van der Waals surface area contributed by atoms with Crippen molar-refractivity contribution in [2.24, 2.45) is 5.73 Å². The number of nitrogens with one attached hydrogen (secondary N) is 1. The molecular weight excluding hydrogens is 312 g/mol. The Hall–Kier alpha value is -1.40. The molecule has 0 spiro atoms. The number of rotatable bonds is 8. The summed E-state index contributed by atoms with van der Waals surface area (Å²) in [7, 11) is 0. The van der Waals surface area contributed by atoms with Crippen molar-refractivity contribution in [3.8, 4) is 11.5 Å². The summed E-state index contributed by atoms with van der Waals surface area (Å²) in [5.41, 5.74) is 7.97. The summed E-state index contributed by atoms with van der Waals surface area (Å²) in [5.74, 6) is 2.44. The average molecular weight is 338 g/mol. The summed E-state index contributed by atoms with van der Waals surface area (Å²) in [4.78, 5) is 12.1. The van der Waals surface area contributed by atoms with E-state index in [1.54, 1.807) is 11.8 Å².